The van der Waals surface area contributed by atoms with Gasteiger partial charge in [-0.3, -0.25) is 4.79 Å². The average Bonchev–Trinajstić information content (AvgIpc) is 2.68. The molecule has 0 spiro atoms. The van der Waals surface area contributed by atoms with E-state index in [0.29, 0.717) is 5.56 Å². The van der Waals surface area contributed by atoms with Crippen LogP contribution in [0.3, 0.4) is 0 Å². The van der Waals surface area contributed by atoms with Crippen LogP contribution in [0.2, 0.25) is 0 Å². The van der Waals surface area contributed by atoms with Gasteiger partial charge in [0.25, 0.3) is 5.91 Å². The molecule has 1 saturated heterocycles. The van der Waals surface area contributed by atoms with E-state index in [1.165, 1.54) is 0 Å². The first kappa shape index (κ1) is 12.6. The van der Waals surface area contributed by atoms with E-state index in [1.54, 1.807) is 0 Å². The number of rotatable bonds is 2. The van der Waals surface area contributed by atoms with Gasteiger partial charge in [-0.2, -0.15) is 0 Å². The number of amides is 1. The van der Waals surface area contributed by atoms with Crippen LogP contribution in [0.15, 0.2) is 22.7 Å². The first-order valence-corrected chi connectivity index (χ1v) is 6.56. The molecule has 17 heavy (non-hydrogen) atoms. The molecule has 92 valence electrons. The average molecular weight is 298 g/mol. The first-order chi connectivity index (χ1) is 8.08. The highest BCUT2D eigenvalue weighted by atomic mass is 79.9. The monoisotopic (exact) mass is 297 g/mol. The summed E-state index contributed by atoms with van der Waals surface area (Å²) in [4.78, 5) is 12.0. The molecule has 1 aliphatic rings. The van der Waals surface area contributed by atoms with Crippen LogP contribution in [-0.2, 0) is 4.74 Å². The Morgan fingerprint density at radius 2 is 2.29 bits per heavy atom. The van der Waals surface area contributed by atoms with E-state index in [-0.39, 0.29) is 18.1 Å². The summed E-state index contributed by atoms with van der Waals surface area (Å²) in [5.41, 5.74) is 1.81. The van der Waals surface area contributed by atoms with Crippen LogP contribution in [0, 0.1) is 6.92 Å². The molecule has 0 bridgehead atoms. The Morgan fingerprint density at radius 1 is 1.53 bits per heavy atom. The molecule has 3 nitrogen and oxygen atoms in total. The zero-order valence-corrected chi connectivity index (χ0v) is 11.6. The summed E-state index contributed by atoms with van der Waals surface area (Å²) in [5.74, 6) is -0.0342. The lowest BCUT2D eigenvalue weighted by Gasteiger charge is -2.16. The number of hydrogen-bond donors (Lipinski definition) is 1. The van der Waals surface area contributed by atoms with E-state index in [0.717, 1.165) is 23.1 Å². The van der Waals surface area contributed by atoms with Gasteiger partial charge in [0.05, 0.1) is 12.1 Å². The SMILES string of the molecule is Cc1ccc(C(=O)NC2CCOC2C)cc1Br. The Labute approximate surface area is 110 Å². The molecular weight excluding hydrogens is 282 g/mol. The van der Waals surface area contributed by atoms with Crippen LogP contribution >= 0.6 is 15.9 Å². The minimum absolute atomic E-state index is 0.0342. The van der Waals surface area contributed by atoms with E-state index < -0.39 is 0 Å². The number of carbonyl (C=O) groups is 1. The van der Waals surface area contributed by atoms with Crippen molar-refractivity contribution < 1.29 is 9.53 Å². The molecule has 1 heterocycles. The van der Waals surface area contributed by atoms with E-state index in [2.05, 4.69) is 21.2 Å². The standard InChI is InChI=1S/C13H16BrNO2/c1-8-3-4-10(7-11(8)14)13(16)15-12-5-6-17-9(12)2/h3-4,7,9,12H,5-6H2,1-2H3,(H,15,16). The van der Waals surface area contributed by atoms with Crippen LogP contribution in [0.25, 0.3) is 0 Å². The molecule has 2 unspecified atom stereocenters. The number of halogens is 1. The number of nitrogens with one attached hydrogen (secondary N) is 1. The van der Waals surface area contributed by atoms with Crippen molar-refractivity contribution in [2.75, 3.05) is 6.61 Å². The van der Waals surface area contributed by atoms with Gasteiger partial charge in [0, 0.05) is 16.6 Å². The second kappa shape index (κ2) is 5.19. The van der Waals surface area contributed by atoms with Crippen molar-refractivity contribution in [3.05, 3.63) is 33.8 Å². The summed E-state index contributed by atoms with van der Waals surface area (Å²) in [7, 11) is 0. The summed E-state index contributed by atoms with van der Waals surface area (Å²) in [6, 6.07) is 5.76. The van der Waals surface area contributed by atoms with Crippen LogP contribution in [-0.4, -0.2) is 24.7 Å². The van der Waals surface area contributed by atoms with Gasteiger partial charge in [0.2, 0.25) is 0 Å². The number of benzene rings is 1. The Hall–Kier alpha value is -0.870. The largest absolute Gasteiger partial charge is 0.376 e. The topological polar surface area (TPSA) is 38.3 Å². The molecule has 1 aromatic carbocycles. The Kier molecular flexibility index (Phi) is 3.84. The van der Waals surface area contributed by atoms with Crippen molar-refractivity contribution in [1.29, 1.82) is 0 Å². The van der Waals surface area contributed by atoms with Gasteiger partial charge in [-0.25, -0.2) is 0 Å². The molecule has 0 aliphatic carbocycles. The van der Waals surface area contributed by atoms with Gasteiger partial charge in [-0.15, -0.1) is 0 Å². The first-order valence-electron chi connectivity index (χ1n) is 5.76. The summed E-state index contributed by atoms with van der Waals surface area (Å²) >= 11 is 3.43. The quantitative estimate of drug-likeness (QED) is 0.911. The summed E-state index contributed by atoms with van der Waals surface area (Å²) in [6.07, 6.45) is 0.993. The number of ether oxygens (including phenoxy) is 1. The zero-order valence-electron chi connectivity index (χ0n) is 10.00. The lowest BCUT2D eigenvalue weighted by Crippen LogP contribution is -2.39. The highest BCUT2D eigenvalue weighted by molar-refractivity contribution is 9.10. The van der Waals surface area contributed by atoms with Gasteiger partial charge < -0.3 is 10.1 Å². The predicted octanol–water partition coefficient (Wildman–Crippen LogP) is 2.66. The van der Waals surface area contributed by atoms with Crippen LogP contribution < -0.4 is 5.32 Å². The maximum Gasteiger partial charge on any atom is 0.251 e. The van der Waals surface area contributed by atoms with Crippen LogP contribution in [0.1, 0.15) is 29.3 Å². The molecule has 2 rings (SSSR count). The molecule has 1 aliphatic heterocycles. The van der Waals surface area contributed by atoms with Crippen molar-refractivity contribution in [2.24, 2.45) is 0 Å². The molecule has 0 aromatic heterocycles. The molecule has 0 radical (unpaired) electrons. The Bertz CT molecular complexity index is 433. The van der Waals surface area contributed by atoms with Gasteiger partial charge in [0.1, 0.15) is 0 Å². The van der Waals surface area contributed by atoms with Crippen molar-refractivity contribution in [2.45, 2.75) is 32.4 Å². The molecule has 0 saturated carbocycles. The minimum atomic E-state index is -0.0342. The van der Waals surface area contributed by atoms with Gasteiger partial charge in [-0.05, 0) is 38.0 Å². The second-order valence-electron chi connectivity index (χ2n) is 4.41. The summed E-state index contributed by atoms with van der Waals surface area (Å²) in [5, 5.41) is 3.01. The molecule has 1 amide bonds. The predicted molar refractivity (Wildman–Crippen MR) is 70.2 cm³/mol. The third kappa shape index (κ3) is 2.87. The minimum Gasteiger partial charge on any atom is -0.376 e. The lowest BCUT2D eigenvalue weighted by molar-refractivity contribution is 0.0866. The van der Waals surface area contributed by atoms with Crippen molar-refractivity contribution in [3.63, 3.8) is 0 Å². The third-order valence-electron chi connectivity index (χ3n) is 3.13. The molecule has 2 atom stereocenters. The number of carbonyl (C=O) groups excluding carboxylic acids is 1. The van der Waals surface area contributed by atoms with Gasteiger partial charge in [-0.1, -0.05) is 22.0 Å². The normalized spacial score (nSPS) is 23.7. The van der Waals surface area contributed by atoms with E-state index in [1.807, 2.05) is 32.0 Å². The highest BCUT2D eigenvalue weighted by Crippen LogP contribution is 2.18. The lowest BCUT2D eigenvalue weighted by atomic mass is 10.1. The van der Waals surface area contributed by atoms with Gasteiger partial charge in [0.15, 0.2) is 0 Å². The van der Waals surface area contributed by atoms with Crippen LogP contribution in [0.5, 0.6) is 0 Å². The second-order valence-corrected chi connectivity index (χ2v) is 5.26. The number of aryl methyl sites for hydroxylation is 1. The van der Waals surface area contributed by atoms with E-state index in [9.17, 15) is 4.79 Å². The fourth-order valence-corrected chi connectivity index (χ4v) is 2.29. The van der Waals surface area contributed by atoms with E-state index >= 15 is 0 Å². The summed E-state index contributed by atoms with van der Waals surface area (Å²) in [6.45, 7) is 4.71. The molecular formula is C13H16BrNO2. The maximum absolute atomic E-state index is 12.0. The fraction of sp³-hybridized carbons (Fsp3) is 0.462. The van der Waals surface area contributed by atoms with Crippen molar-refractivity contribution >= 4 is 21.8 Å². The smallest absolute Gasteiger partial charge is 0.251 e. The van der Waals surface area contributed by atoms with Crippen molar-refractivity contribution in [3.8, 4) is 0 Å². The fourth-order valence-electron chi connectivity index (χ4n) is 1.91. The zero-order chi connectivity index (χ0) is 12.4. The number of hydrogen-bond acceptors (Lipinski definition) is 2. The molecule has 1 fully saturated rings. The van der Waals surface area contributed by atoms with E-state index in [4.69, 9.17) is 4.74 Å². The third-order valence-corrected chi connectivity index (χ3v) is 3.98. The van der Waals surface area contributed by atoms with Gasteiger partial charge >= 0.3 is 0 Å². The Morgan fingerprint density at radius 3 is 2.88 bits per heavy atom. The molecule has 1 aromatic rings. The van der Waals surface area contributed by atoms with Crippen molar-refractivity contribution in [1.82, 2.24) is 5.32 Å². The Balaban J connectivity index is 2.06. The molecule has 4 heteroatoms. The highest BCUT2D eigenvalue weighted by Gasteiger charge is 2.25. The summed E-state index contributed by atoms with van der Waals surface area (Å²) < 4.78 is 6.38. The molecule has 1 N–H and O–H groups in total. The maximum atomic E-state index is 12.0. The van der Waals surface area contributed by atoms with Crippen LogP contribution in [0.4, 0.5) is 0 Å².